The number of amides is 2. The van der Waals surface area contributed by atoms with Crippen LogP contribution in [0.3, 0.4) is 0 Å². The first-order valence-corrected chi connectivity index (χ1v) is 12.0. The van der Waals surface area contributed by atoms with Crippen LogP contribution in [-0.2, 0) is 19.6 Å². The third-order valence-electron chi connectivity index (χ3n) is 5.77. The summed E-state index contributed by atoms with van der Waals surface area (Å²) < 4.78 is 27.1. The number of halogens is 2. The largest absolute Gasteiger partial charge is 0.289 e. The first-order valence-electron chi connectivity index (χ1n) is 9.82. The van der Waals surface area contributed by atoms with E-state index in [1.54, 1.807) is 37.3 Å². The van der Waals surface area contributed by atoms with Gasteiger partial charge in [0.15, 0.2) is 0 Å². The average molecular weight is 482 g/mol. The van der Waals surface area contributed by atoms with Gasteiger partial charge in [0.1, 0.15) is 0 Å². The van der Waals surface area contributed by atoms with Crippen LogP contribution in [0.15, 0.2) is 47.4 Å². The molecule has 2 heterocycles. The first-order chi connectivity index (χ1) is 14.7. The predicted octanol–water partition coefficient (Wildman–Crippen LogP) is 2.94. The number of anilines is 1. The fourth-order valence-corrected chi connectivity index (χ4v) is 5.72. The SMILES string of the molecule is Cc1c(Cl)cccc1N1C(=O)CC(N2CCN(S(=O)(=O)c3ccc(Cl)cc3)CC2)C1=O. The van der Waals surface area contributed by atoms with Crippen LogP contribution < -0.4 is 4.90 Å². The molecule has 0 spiro atoms. The Morgan fingerprint density at radius 3 is 2.23 bits per heavy atom. The predicted molar refractivity (Wildman–Crippen MR) is 119 cm³/mol. The zero-order chi connectivity index (χ0) is 22.3. The second-order valence-corrected chi connectivity index (χ2v) is 10.3. The zero-order valence-corrected chi connectivity index (χ0v) is 19.1. The van der Waals surface area contributed by atoms with E-state index < -0.39 is 16.1 Å². The maximum absolute atomic E-state index is 13.1. The number of rotatable bonds is 4. The van der Waals surface area contributed by atoms with E-state index in [0.29, 0.717) is 34.4 Å². The van der Waals surface area contributed by atoms with Crippen LogP contribution >= 0.6 is 23.2 Å². The lowest BCUT2D eigenvalue weighted by atomic mass is 10.1. The number of imide groups is 1. The third kappa shape index (κ3) is 4.10. The van der Waals surface area contributed by atoms with Crippen molar-refractivity contribution in [1.82, 2.24) is 9.21 Å². The smallest absolute Gasteiger partial charge is 0.251 e. The zero-order valence-electron chi connectivity index (χ0n) is 16.8. The van der Waals surface area contributed by atoms with Crippen molar-refractivity contribution in [2.75, 3.05) is 31.1 Å². The van der Waals surface area contributed by atoms with Crippen LogP contribution in [0, 0.1) is 6.92 Å². The van der Waals surface area contributed by atoms with Gasteiger partial charge in [0.2, 0.25) is 15.9 Å². The quantitative estimate of drug-likeness (QED) is 0.627. The molecule has 31 heavy (non-hydrogen) atoms. The summed E-state index contributed by atoms with van der Waals surface area (Å²) in [5, 5.41) is 0.954. The Kier molecular flexibility index (Phi) is 6.11. The fourth-order valence-electron chi connectivity index (χ4n) is 4.00. The van der Waals surface area contributed by atoms with Crippen LogP contribution in [0.25, 0.3) is 0 Å². The highest BCUT2D eigenvalue weighted by Gasteiger charge is 2.44. The Hall–Kier alpha value is -1.97. The molecule has 2 aliphatic rings. The lowest BCUT2D eigenvalue weighted by Crippen LogP contribution is -2.53. The molecule has 2 aromatic carbocycles. The lowest BCUT2D eigenvalue weighted by Gasteiger charge is -2.36. The molecule has 2 aliphatic heterocycles. The van der Waals surface area contributed by atoms with Gasteiger partial charge in [-0.05, 0) is 48.9 Å². The summed E-state index contributed by atoms with van der Waals surface area (Å²) >= 11 is 12.0. The molecule has 2 fully saturated rings. The van der Waals surface area contributed by atoms with E-state index >= 15 is 0 Å². The Morgan fingerprint density at radius 1 is 0.935 bits per heavy atom. The summed E-state index contributed by atoms with van der Waals surface area (Å²) in [7, 11) is -3.64. The molecule has 1 unspecified atom stereocenters. The highest BCUT2D eigenvalue weighted by Crippen LogP contribution is 2.32. The molecular weight excluding hydrogens is 461 g/mol. The summed E-state index contributed by atoms with van der Waals surface area (Å²) in [6.45, 7) is 2.96. The molecule has 4 rings (SSSR count). The highest BCUT2D eigenvalue weighted by atomic mass is 35.5. The van der Waals surface area contributed by atoms with E-state index in [2.05, 4.69) is 0 Å². The maximum Gasteiger partial charge on any atom is 0.251 e. The molecule has 10 heteroatoms. The number of carbonyl (C=O) groups excluding carboxylic acids is 2. The Labute approximate surface area is 191 Å². The molecular formula is C21H21Cl2N3O4S. The molecule has 7 nitrogen and oxygen atoms in total. The van der Waals surface area contributed by atoms with Gasteiger partial charge >= 0.3 is 0 Å². The van der Waals surface area contributed by atoms with Crippen LogP contribution in [0.5, 0.6) is 0 Å². The number of hydrogen-bond acceptors (Lipinski definition) is 5. The minimum atomic E-state index is -3.64. The van der Waals surface area contributed by atoms with Crippen molar-refractivity contribution in [1.29, 1.82) is 0 Å². The van der Waals surface area contributed by atoms with Gasteiger partial charge in [0.05, 0.1) is 23.0 Å². The van der Waals surface area contributed by atoms with Crippen molar-refractivity contribution in [3.05, 3.63) is 58.1 Å². The van der Waals surface area contributed by atoms with Gasteiger partial charge in [-0.2, -0.15) is 4.31 Å². The number of sulfonamides is 1. The molecule has 0 saturated carbocycles. The van der Waals surface area contributed by atoms with E-state index in [9.17, 15) is 18.0 Å². The highest BCUT2D eigenvalue weighted by molar-refractivity contribution is 7.89. The number of benzene rings is 2. The standard InChI is InChI=1S/C21H21Cl2N3O4S/c1-14-17(23)3-2-4-18(14)26-20(27)13-19(21(26)28)24-9-11-25(12-10-24)31(29,30)16-7-5-15(22)6-8-16/h2-8,19H,9-13H2,1H3. The monoisotopic (exact) mass is 481 g/mol. The summed E-state index contributed by atoms with van der Waals surface area (Å²) in [6.07, 6.45) is 0.0642. The van der Waals surface area contributed by atoms with Crippen molar-refractivity contribution >= 4 is 50.7 Å². The van der Waals surface area contributed by atoms with E-state index in [0.717, 1.165) is 0 Å². The van der Waals surface area contributed by atoms with Crippen molar-refractivity contribution in [3.63, 3.8) is 0 Å². The van der Waals surface area contributed by atoms with Gasteiger partial charge in [0, 0.05) is 36.2 Å². The molecule has 0 aromatic heterocycles. The van der Waals surface area contributed by atoms with Gasteiger partial charge in [-0.3, -0.25) is 14.5 Å². The van der Waals surface area contributed by atoms with Gasteiger partial charge in [-0.15, -0.1) is 0 Å². The average Bonchev–Trinajstić information content (AvgIpc) is 3.04. The van der Waals surface area contributed by atoms with E-state index in [-0.39, 0.29) is 36.2 Å². The van der Waals surface area contributed by atoms with Gasteiger partial charge in [0.25, 0.3) is 5.91 Å². The number of nitrogens with zero attached hydrogens (tertiary/aromatic N) is 3. The van der Waals surface area contributed by atoms with Crippen molar-refractivity contribution in [3.8, 4) is 0 Å². The number of hydrogen-bond donors (Lipinski definition) is 0. The van der Waals surface area contributed by atoms with E-state index in [1.807, 2.05) is 4.90 Å². The van der Waals surface area contributed by atoms with Crippen LogP contribution in [-0.4, -0.2) is 61.7 Å². The minimum Gasteiger partial charge on any atom is -0.289 e. The normalized spacial score (nSPS) is 21.1. The van der Waals surface area contributed by atoms with Crippen molar-refractivity contribution in [2.24, 2.45) is 0 Å². The molecule has 1 atom stereocenters. The van der Waals surface area contributed by atoms with Gasteiger partial charge in [-0.25, -0.2) is 13.3 Å². The second kappa shape index (κ2) is 8.52. The first kappa shape index (κ1) is 22.2. The van der Waals surface area contributed by atoms with E-state index in [4.69, 9.17) is 23.2 Å². The van der Waals surface area contributed by atoms with Crippen LogP contribution in [0.4, 0.5) is 5.69 Å². The molecule has 2 saturated heterocycles. The number of carbonyl (C=O) groups is 2. The van der Waals surface area contributed by atoms with Crippen molar-refractivity contribution in [2.45, 2.75) is 24.3 Å². The maximum atomic E-state index is 13.1. The molecule has 164 valence electrons. The summed E-state index contributed by atoms with van der Waals surface area (Å²) in [6, 6.07) is 10.6. The van der Waals surface area contributed by atoms with Crippen LogP contribution in [0.1, 0.15) is 12.0 Å². The van der Waals surface area contributed by atoms with Gasteiger partial charge < -0.3 is 0 Å². The van der Waals surface area contributed by atoms with Crippen molar-refractivity contribution < 1.29 is 18.0 Å². The molecule has 0 bridgehead atoms. The Bertz CT molecular complexity index is 1130. The van der Waals surface area contributed by atoms with Crippen LogP contribution in [0.2, 0.25) is 10.0 Å². The topological polar surface area (TPSA) is 78.0 Å². The second-order valence-electron chi connectivity index (χ2n) is 7.57. The minimum absolute atomic E-state index is 0.0642. The fraction of sp³-hybridized carbons (Fsp3) is 0.333. The summed E-state index contributed by atoms with van der Waals surface area (Å²) in [4.78, 5) is 29.0. The van der Waals surface area contributed by atoms with Gasteiger partial charge in [-0.1, -0.05) is 29.3 Å². The summed E-state index contributed by atoms with van der Waals surface area (Å²) in [5.74, 6) is -0.582. The number of piperazine rings is 1. The van der Waals surface area contributed by atoms with E-state index in [1.165, 1.54) is 21.3 Å². The molecule has 2 amide bonds. The Balaban J connectivity index is 1.47. The Morgan fingerprint density at radius 2 is 1.58 bits per heavy atom. The lowest BCUT2D eigenvalue weighted by molar-refractivity contribution is -0.123. The summed E-state index contributed by atoms with van der Waals surface area (Å²) in [5.41, 5.74) is 1.17. The third-order valence-corrected chi connectivity index (χ3v) is 8.34. The molecule has 0 radical (unpaired) electrons. The molecule has 0 N–H and O–H groups in total. The molecule has 2 aromatic rings. The molecule has 0 aliphatic carbocycles.